The molecule has 0 amide bonds. The van der Waals surface area contributed by atoms with Crippen LogP contribution in [0.15, 0.2) is 39.4 Å². The number of benzene rings is 1. The van der Waals surface area contributed by atoms with Crippen LogP contribution in [0.25, 0.3) is 0 Å². The van der Waals surface area contributed by atoms with Gasteiger partial charge in [-0.05, 0) is 26.0 Å². The summed E-state index contributed by atoms with van der Waals surface area (Å²) in [7, 11) is 0. The van der Waals surface area contributed by atoms with Crippen molar-refractivity contribution in [3.05, 3.63) is 56.3 Å². The van der Waals surface area contributed by atoms with E-state index in [9.17, 15) is 27.6 Å². The van der Waals surface area contributed by atoms with Crippen LogP contribution in [0, 0.1) is 17.1 Å². The van der Waals surface area contributed by atoms with Gasteiger partial charge >= 0.3 is 12.1 Å². The molecule has 1 aliphatic heterocycles. The van der Waals surface area contributed by atoms with Crippen LogP contribution in [-0.4, -0.2) is 12.6 Å². The summed E-state index contributed by atoms with van der Waals surface area (Å²) in [4.78, 5) is 12.3. The van der Waals surface area contributed by atoms with Gasteiger partial charge in [0.15, 0.2) is 0 Å². The zero-order valence-electron chi connectivity index (χ0n) is 14.1. The lowest BCUT2D eigenvalue weighted by Crippen LogP contribution is -2.26. The molecule has 27 heavy (non-hydrogen) atoms. The summed E-state index contributed by atoms with van der Waals surface area (Å²) in [6.45, 7) is 2.79. The summed E-state index contributed by atoms with van der Waals surface area (Å²) >= 11 is 2.91. The van der Waals surface area contributed by atoms with Crippen molar-refractivity contribution in [1.29, 1.82) is 5.26 Å². The number of alkyl halides is 3. The minimum absolute atomic E-state index is 0.0435. The second-order valence-electron chi connectivity index (χ2n) is 5.47. The van der Waals surface area contributed by atoms with Crippen molar-refractivity contribution in [3.63, 3.8) is 0 Å². The fraction of sp³-hybridized carbons (Fsp3) is 0.294. The highest BCUT2D eigenvalue weighted by atomic mass is 79.9. The Morgan fingerprint density at radius 1 is 1.44 bits per heavy atom. The minimum atomic E-state index is -4.99. The zero-order chi connectivity index (χ0) is 20.5. The summed E-state index contributed by atoms with van der Waals surface area (Å²) < 4.78 is 64.3. The first kappa shape index (κ1) is 20.8. The van der Waals surface area contributed by atoms with E-state index in [1.807, 2.05) is 0 Å². The van der Waals surface area contributed by atoms with E-state index in [4.69, 9.17) is 15.2 Å². The topological polar surface area (TPSA) is 85.3 Å². The molecule has 10 heteroatoms. The van der Waals surface area contributed by atoms with Gasteiger partial charge in [-0.15, -0.1) is 0 Å². The number of hydrogen-bond donors (Lipinski definition) is 1. The first-order chi connectivity index (χ1) is 12.5. The van der Waals surface area contributed by atoms with Gasteiger partial charge in [0, 0.05) is 10.0 Å². The van der Waals surface area contributed by atoms with Crippen molar-refractivity contribution in [2.75, 3.05) is 6.61 Å². The van der Waals surface area contributed by atoms with E-state index < -0.39 is 46.5 Å². The second kappa shape index (κ2) is 7.60. The monoisotopic (exact) mass is 448 g/mol. The first-order valence-corrected chi connectivity index (χ1v) is 8.33. The molecule has 1 aliphatic rings. The van der Waals surface area contributed by atoms with Gasteiger partial charge in [0.25, 0.3) is 0 Å². The van der Waals surface area contributed by atoms with Crippen LogP contribution in [0.2, 0.25) is 0 Å². The van der Waals surface area contributed by atoms with Crippen molar-refractivity contribution in [1.82, 2.24) is 0 Å². The predicted molar refractivity (Wildman–Crippen MR) is 89.1 cm³/mol. The van der Waals surface area contributed by atoms with Crippen LogP contribution in [0.3, 0.4) is 0 Å². The fourth-order valence-electron chi connectivity index (χ4n) is 2.69. The number of carbonyl (C=O) groups excluding carboxylic acids is 1. The molecule has 2 N–H and O–H groups in total. The highest BCUT2D eigenvalue weighted by Gasteiger charge is 2.41. The van der Waals surface area contributed by atoms with E-state index in [1.54, 1.807) is 6.07 Å². The highest BCUT2D eigenvalue weighted by Crippen LogP contribution is 2.44. The Balaban J connectivity index is 2.82. The molecule has 1 aromatic rings. The van der Waals surface area contributed by atoms with E-state index in [-0.39, 0.29) is 22.4 Å². The number of nitrogens with zero attached hydrogens (tertiary/aromatic N) is 1. The van der Waals surface area contributed by atoms with Crippen LogP contribution >= 0.6 is 15.9 Å². The Labute approximate surface area is 160 Å². The molecule has 1 heterocycles. The van der Waals surface area contributed by atoms with E-state index in [1.165, 1.54) is 13.8 Å². The molecule has 0 aliphatic carbocycles. The highest BCUT2D eigenvalue weighted by molar-refractivity contribution is 9.10. The number of nitrogens with two attached hydrogens (primary N) is 1. The molecule has 1 aromatic carbocycles. The van der Waals surface area contributed by atoms with Crippen molar-refractivity contribution in [2.24, 2.45) is 5.73 Å². The average Bonchev–Trinajstić information content (AvgIpc) is 2.55. The van der Waals surface area contributed by atoms with Gasteiger partial charge in [0.2, 0.25) is 5.88 Å². The van der Waals surface area contributed by atoms with Crippen molar-refractivity contribution in [3.8, 4) is 6.07 Å². The third-order valence-electron chi connectivity index (χ3n) is 3.78. The maximum Gasteiger partial charge on any atom is 0.419 e. The Morgan fingerprint density at radius 3 is 2.59 bits per heavy atom. The van der Waals surface area contributed by atoms with E-state index in [0.29, 0.717) is 6.07 Å². The Hall–Kier alpha value is -2.54. The Bertz CT molecular complexity index is 901. The number of halogens is 5. The standard InChI is InChI=1S/C17H13BrF4N2O3/c1-3-26-16(25)12-7(2)27-15(24)10(6-23)13(12)9-4-8(18)5-11(14(9)19)17(20,21)22/h4-5,13H,3,24H2,1-2H3. The minimum Gasteiger partial charge on any atom is -0.463 e. The maximum atomic E-state index is 14.8. The lowest BCUT2D eigenvalue weighted by atomic mass is 9.82. The third kappa shape index (κ3) is 3.93. The van der Waals surface area contributed by atoms with Gasteiger partial charge in [-0.2, -0.15) is 18.4 Å². The maximum absolute atomic E-state index is 14.8. The number of carbonyl (C=O) groups is 1. The molecule has 2 rings (SSSR count). The number of rotatable bonds is 3. The molecule has 0 fully saturated rings. The molecule has 5 nitrogen and oxygen atoms in total. The summed E-state index contributed by atoms with van der Waals surface area (Å²) in [5, 5.41) is 9.40. The average molecular weight is 449 g/mol. The summed E-state index contributed by atoms with van der Waals surface area (Å²) in [6.07, 6.45) is -4.99. The van der Waals surface area contributed by atoms with Gasteiger partial charge in [0.1, 0.15) is 23.2 Å². The van der Waals surface area contributed by atoms with Gasteiger partial charge in [-0.25, -0.2) is 9.18 Å². The lowest BCUT2D eigenvalue weighted by molar-refractivity contribution is -0.140. The van der Waals surface area contributed by atoms with Gasteiger partial charge in [-0.1, -0.05) is 15.9 Å². The summed E-state index contributed by atoms with van der Waals surface area (Å²) in [5.41, 5.74) is 2.86. The molecule has 0 spiro atoms. The molecule has 0 aromatic heterocycles. The molecule has 0 bridgehead atoms. The third-order valence-corrected chi connectivity index (χ3v) is 4.24. The normalized spacial score (nSPS) is 17.5. The molecule has 0 radical (unpaired) electrons. The largest absolute Gasteiger partial charge is 0.463 e. The van der Waals surface area contributed by atoms with Crippen molar-refractivity contribution in [2.45, 2.75) is 25.9 Å². The van der Waals surface area contributed by atoms with Crippen LogP contribution in [0.5, 0.6) is 0 Å². The number of ether oxygens (including phenoxy) is 2. The Morgan fingerprint density at radius 2 is 2.07 bits per heavy atom. The van der Waals surface area contributed by atoms with Crippen LogP contribution in [0.4, 0.5) is 17.6 Å². The lowest BCUT2D eigenvalue weighted by Gasteiger charge is -2.27. The molecular weight excluding hydrogens is 436 g/mol. The molecular formula is C17H13BrF4N2O3. The first-order valence-electron chi connectivity index (χ1n) is 7.54. The zero-order valence-corrected chi connectivity index (χ0v) is 15.7. The summed E-state index contributed by atoms with van der Waals surface area (Å²) in [5.74, 6) is -4.61. The number of hydrogen-bond acceptors (Lipinski definition) is 5. The Kier molecular flexibility index (Phi) is 5.85. The molecule has 1 unspecified atom stereocenters. The predicted octanol–water partition coefficient (Wildman–Crippen LogP) is 4.25. The van der Waals surface area contributed by atoms with Gasteiger partial charge in [-0.3, -0.25) is 0 Å². The molecule has 0 saturated heterocycles. The van der Waals surface area contributed by atoms with Crippen LogP contribution in [0.1, 0.15) is 30.9 Å². The van der Waals surface area contributed by atoms with Gasteiger partial charge in [0.05, 0.1) is 23.7 Å². The van der Waals surface area contributed by atoms with Crippen molar-refractivity contribution < 1.29 is 31.8 Å². The smallest absolute Gasteiger partial charge is 0.419 e. The number of esters is 1. The van der Waals surface area contributed by atoms with E-state index >= 15 is 0 Å². The fourth-order valence-corrected chi connectivity index (χ4v) is 3.17. The molecule has 1 atom stereocenters. The number of nitriles is 1. The number of allylic oxidation sites excluding steroid dienone is 2. The SMILES string of the molecule is CCOC(=O)C1=C(C)OC(N)=C(C#N)C1c1cc(Br)cc(C(F)(F)F)c1F. The van der Waals surface area contributed by atoms with Crippen molar-refractivity contribution >= 4 is 21.9 Å². The van der Waals surface area contributed by atoms with E-state index in [0.717, 1.165) is 6.07 Å². The second-order valence-corrected chi connectivity index (χ2v) is 6.39. The molecule has 0 saturated carbocycles. The van der Waals surface area contributed by atoms with E-state index in [2.05, 4.69) is 15.9 Å². The van der Waals surface area contributed by atoms with Crippen LogP contribution in [-0.2, 0) is 20.4 Å². The molecule has 144 valence electrons. The van der Waals surface area contributed by atoms with Crippen LogP contribution < -0.4 is 5.73 Å². The van der Waals surface area contributed by atoms with Gasteiger partial charge < -0.3 is 15.2 Å². The summed E-state index contributed by atoms with van der Waals surface area (Å²) in [6, 6.07) is 3.30. The quantitative estimate of drug-likeness (QED) is 0.551.